The maximum absolute atomic E-state index is 5.90. The van der Waals surface area contributed by atoms with Gasteiger partial charge >= 0.3 is 0 Å². The van der Waals surface area contributed by atoms with Gasteiger partial charge in [0.25, 0.3) is 0 Å². The molecule has 0 spiro atoms. The van der Waals surface area contributed by atoms with Gasteiger partial charge in [-0.1, -0.05) is 45.5 Å². The van der Waals surface area contributed by atoms with Crippen LogP contribution in [0.4, 0.5) is 0 Å². The highest BCUT2D eigenvalue weighted by atomic mass is 16.5. The van der Waals surface area contributed by atoms with Crippen LogP contribution in [0.2, 0.25) is 0 Å². The van der Waals surface area contributed by atoms with Crippen molar-refractivity contribution in [1.29, 1.82) is 0 Å². The molecule has 0 aliphatic carbocycles. The van der Waals surface area contributed by atoms with E-state index in [0.29, 0.717) is 0 Å². The number of benzene rings is 1. The number of ether oxygens (including phenoxy) is 1. The Kier molecular flexibility index (Phi) is 5.93. The number of para-hydroxylation sites is 1. The van der Waals surface area contributed by atoms with Crippen LogP contribution in [0.25, 0.3) is 0 Å². The molecule has 2 heteroatoms. The van der Waals surface area contributed by atoms with Gasteiger partial charge in [0, 0.05) is 6.42 Å². The minimum atomic E-state index is 0.131. The Bertz CT molecular complexity index is 366. The summed E-state index contributed by atoms with van der Waals surface area (Å²) in [5, 5.41) is 2.24. The summed E-state index contributed by atoms with van der Waals surface area (Å²) in [6.45, 7) is 13.2. The molecule has 1 rings (SSSR count). The first-order valence-corrected chi connectivity index (χ1v) is 6.70. The summed E-state index contributed by atoms with van der Waals surface area (Å²) in [5.41, 5.74) is 1.41. The minimum Gasteiger partial charge on any atom is -0.493 e. The molecule has 2 N–H and O–H groups in total. The lowest BCUT2D eigenvalue weighted by Gasteiger charge is -2.22. The van der Waals surface area contributed by atoms with Crippen molar-refractivity contribution < 1.29 is 10.1 Å². The standard InChI is InChI=1S/C16H25NO/c1-5-11-17-12-8-13-18-15-10-7-6-9-14(15)16(2,3)4/h5-7,9-10,17H,1,8,11-13H2,2-4H3/p+1. The van der Waals surface area contributed by atoms with Crippen molar-refractivity contribution in [2.75, 3.05) is 19.7 Å². The lowest BCUT2D eigenvalue weighted by molar-refractivity contribution is -0.646. The fraction of sp³-hybridized carbons (Fsp3) is 0.500. The van der Waals surface area contributed by atoms with Crippen molar-refractivity contribution in [3.05, 3.63) is 42.5 Å². The third-order valence-corrected chi connectivity index (χ3v) is 2.84. The quantitative estimate of drug-likeness (QED) is 0.582. The number of rotatable bonds is 7. The van der Waals surface area contributed by atoms with E-state index in [1.165, 1.54) is 5.56 Å². The van der Waals surface area contributed by atoms with Crippen molar-refractivity contribution in [3.8, 4) is 5.75 Å². The number of nitrogens with two attached hydrogens (primary N) is 1. The van der Waals surface area contributed by atoms with Crippen LogP contribution < -0.4 is 10.1 Å². The Morgan fingerprint density at radius 3 is 2.67 bits per heavy atom. The van der Waals surface area contributed by atoms with Crippen molar-refractivity contribution >= 4 is 0 Å². The molecule has 0 aliphatic heterocycles. The zero-order chi connectivity index (χ0) is 13.4. The zero-order valence-corrected chi connectivity index (χ0v) is 11.9. The van der Waals surface area contributed by atoms with Gasteiger partial charge in [0.1, 0.15) is 5.75 Å². The fourth-order valence-electron chi connectivity index (χ4n) is 1.86. The van der Waals surface area contributed by atoms with E-state index in [4.69, 9.17) is 4.74 Å². The molecule has 0 bridgehead atoms. The Labute approximate surface area is 111 Å². The molecular weight excluding hydrogens is 222 g/mol. The van der Waals surface area contributed by atoms with Crippen LogP contribution in [-0.4, -0.2) is 19.7 Å². The van der Waals surface area contributed by atoms with Crippen LogP contribution in [0.5, 0.6) is 5.75 Å². The van der Waals surface area contributed by atoms with Crippen LogP contribution in [0.1, 0.15) is 32.8 Å². The maximum Gasteiger partial charge on any atom is 0.123 e. The Hall–Kier alpha value is -1.28. The molecule has 18 heavy (non-hydrogen) atoms. The highest BCUT2D eigenvalue weighted by Gasteiger charge is 2.18. The fourth-order valence-corrected chi connectivity index (χ4v) is 1.86. The second-order valence-electron chi connectivity index (χ2n) is 5.55. The van der Waals surface area contributed by atoms with Crippen molar-refractivity contribution in [2.24, 2.45) is 0 Å². The Balaban J connectivity index is 2.45. The molecule has 0 aromatic heterocycles. The van der Waals surface area contributed by atoms with Crippen molar-refractivity contribution in [3.63, 3.8) is 0 Å². The predicted molar refractivity (Wildman–Crippen MR) is 77.1 cm³/mol. The molecule has 0 saturated heterocycles. The summed E-state index contributed by atoms with van der Waals surface area (Å²) in [5.74, 6) is 1.02. The third kappa shape index (κ3) is 4.92. The predicted octanol–water partition coefficient (Wildman–Crippen LogP) is 2.50. The normalized spacial score (nSPS) is 11.3. The highest BCUT2D eigenvalue weighted by Crippen LogP contribution is 2.30. The third-order valence-electron chi connectivity index (χ3n) is 2.84. The first-order chi connectivity index (χ1) is 8.55. The molecule has 0 amide bonds. The largest absolute Gasteiger partial charge is 0.493 e. The van der Waals surface area contributed by atoms with Gasteiger partial charge in [-0.05, 0) is 23.1 Å². The van der Waals surface area contributed by atoms with Crippen LogP contribution in [0.15, 0.2) is 36.9 Å². The van der Waals surface area contributed by atoms with Gasteiger partial charge in [-0.25, -0.2) is 0 Å². The van der Waals surface area contributed by atoms with Crippen LogP contribution in [-0.2, 0) is 5.41 Å². The van der Waals surface area contributed by atoms with Gasteiger partial charge in [0.2, 0.25) is 0 Å². The highest BCUT2D eigenvalue weighted by molar-refractivity contribution is 5.38. The Morgan fingerprint density at radius 2 is 2.00 bits per heavy atom. The van der Waals surface area contributed by atoms with E-state index < -0.39 is 0 Å². The number of hydrogen-bond donors (Lipinski definition) is 1. The summed E-state index contributed by atoms with van der Waals surface area (Å²) in [4.78, 5) is 0. The molecule has 0 aliphatic rings. The SMILES string of the molecule is C=CC[NH2+]CCCOc1ccccc1C(C)(C)C. The Morgan fingerprint density at radius 1 is 1.28 bits per heavy atom. The van der Waals surface area contributed by atoms with Crippen LogP contribution in [0.3, 0.4) is 0 Å². The second kappa shape index (κ2) is 7.22. The molecule has 0 heterocycles. The average molecular weight is 248 g/mol. The summed E-state index contributed by atoms with van der Waals surface area (Å²) in [6.07, 6.45) is 2.99. The summed E-state index contributed by atoms with van der Waals surface area (Å²) in [7, 11) is 0. The van der Waals surface area contributed by atoms with Crippen LogP contribution >= 0.6 is 0 Å². The van der Waals surface area contributed by atoms with E-state index in [1.54, 1.807) is 0 Å². The van der Waals surface area contributed by atoms with Crippen LogP contribution in [0, 0.1) is 0 Å². The molecule has 1 aromatic carbocycles. The molecular formula is C16H26NO+. The second-order valence-corrected chi connectivity index (χ2v) is 5.55. The topological polar surface area (TPSA) is 25.8 Å². The summed E-state index contributed by atoms with van der Waals surface area (Å²) in [6, 6.07) is 8.33. The molecule has 0 saturated carbocycles. The molecule has 0 unspecified atom stereocenters. The number of hydrogen-bond acceptors (Lipinski definition) is 1. The monoisotopic (exact) mass is 248 g/mol. The summed E-state index contributed by atoms with van der Waals surface area (Å²) < 4.78 is 5.90. The lowest BCUT2D eigenvalue weighted by atomic mass is 9.86. The van der Waals surface area contributed by atoms with Crippen molar-refractivity contribution in [2.45, 2.75) is 32.6 Å². The first-order valence-electron chi connectivity index (χ1n) is 6.70. The van der Waals surface area contributed by atoms with E-state index in [9.17, 15) is 0 Å². The maximum atomic E-state index is 5.90. The average Bonchev–Trinajstić information content (AvgIpc) is 2.33. The van der Waals surface area contributed by atoms with E-state index in [0.717, 1.165) is 31.9 Å². The van der Waals surface area contributed by atoms with Gasteiger partial charge in [-0.15, -0.1) is 0 Å². The first kappa shape index (κ1) is 14.8. The van der Waals surface area contributed by atoms with Gasteiger partial charge in [0.15, 0.2) is 0 Å². The van der Waals surface area contributed by atoms with E-state index in [-0.39, 0.29) is 5.41 Å². The zero-order valence-electron chi connectivity index (χ0n) is 11.9. The van der Waals surface area contributed by atoms with E-state index in [1.807, 2.05) is 12.1 Å². The van der Waals surface area contributed by atoms with Crippen molar-refractivity contribution in [1.82, 2.24) is 0 Å². The van der Waals surface area contributed by atoms with E-state index >= 15 is 0 Å². The molecule has 0 fully saturated rings. The molecule has 0 radical (unpaired) electrons. The number of quaternary nitrogens is 1. The molecule has 2 nitrogen and oxygen atoms in total. The molecule has 0 atom stereocenters. The van der Waals surface area contributed by atoms with E-state index in [2.05, 4.69) is 50.9 Å². The van der Waals surface area contributed by atoms with Gasteiger partial charge < -0.3 is 10.1 Å². The minimum absolute atomic E-state index is 0.131. The van der Waals surface area contributed by atoms with Gasteiger partial charge in [0.05, 0.1) is 19.7 Å². The van der Waals surface area contributed by atoms with Gasteiger partial charge in [-0.2, -0.15) is 0 Å². The lowest BCUT2D eigenvalue weighted by Crippen LogP contribution is -2.84. The summed E-state index contributed by atoms with van der Waals surface area (Å²) >= 11 is 0. The molecule has 1 aromatic rings. The van der Waals surface area contributed by atoms with Gasteiger partial charge in [-0.3, -0.25) is 0 Å². The smallest absolute Gasteiger partial charge is 0.123 e. The molecule has 100 valence electrons.